The van der Waals surface area contributed by atoms with Gasteiger partial charge in [-0.25, -0.2) is 0 Å². The van der Waals surface area contributed by atoms with Gasteiger partial charge >= 0.3 is 0 Å². The highest BCUT2D eigenvalue weighted by Gasteiger charge is 2.21. The minimum atomic E-state index is -0.577. The molecular weight excluding hydrogens is 218 g/mol. The normalized spacial score (nSPS) is 12.4. The molecule has 4 heteroatoms. The zero-order valence-electron chi connectivity index (χ0n) is 11.8. The van der Waals surface area contributed by atoms with E-state index < -0.39 is 5.60 Å². The first kappa shape index (κ1) is 16.8. The topological polar surface area (TPSA) is 50.7 Å². The molecule has 0 saturated heterocycles. The van der Waals surface area contributed by atoms with Crippen LogP contribution in [-0.2, 0) is 9.47 Å². The average molecular weight is 247 g/mol. The minimum absolute atomic E-state index is 0.131. The number of ether oxygens (including phenoxy) is 2. The van der Waals surface area contributed by atoms with Crippen LogP contribution in [0.5, 0.6) is 0 Å². The van der Waals surface area contributed by atoms with Crippen LogP contribution in [0.4, 0.5) is 0 Å². The Labute approximate surface area is 106 Å². The van der Waals surface area contributed by atoms with Gasteiger partial charge in [0.05, 0.1) is 5.60 Å². The fourth-order valence-corrected chi connectivity index (χ4v) is 1.63. The number of aliphatic hydroxyl groups is 1. The van der Waals surface area contributed by atoms with E-state index in [0.717, 1.165) is 25.8 Å². The summed E-state index contributed by atoms with van der Waals surface area (Å²) in [4.78, 5) is 0. The van der Waals surface area contributed by atoms with E-state index in [4.69, 9.17) is 9.47 Å². The molecule has 0 unspecified atom stereocenters. The second-order valence-electron chi connectivity index (χ2n) is 4.24. The van der Waals surface area contributed by atoms with Gasteiger partial charge in [-0.2, -0.15) is 0 Å². The summed E-state index contributed by atoms with van der Waals surface area (Å²) in [6.45, 7) is 10.7. The summed E-state index contributed by atoms with van der Waals surface area (Å²) in [5.74, 6) is 0. The molecule has 0 aromatic carbocycles. The molecule has 0 fully saturated rings. The van der Waals surface area contributed by atoms with Gasteiger partial charge in [0.15, 0.2) is 6.29 Å². The first-order valence-corrected chi connectivity index (χ1v) is 6.78. The largest absolute Gasteiger partial charge is 0.389 e. The smallest absolute Gasteiger partial charge is 0.158 e. The lowest BCUT2D eigenvalue weighted by Crippen LogP contribution is -2.40. The maximum absolute atomic E-state index is 10.1. The Bertz CT molecular complexity index is 166. The number of hydrogen-bond donors (Lipinski definition) is 2. The van der Waals surface area contributed by atoms with Crippen molar-refractivity contribution >= 4 is 0 Å². The predicted molar refractivity (Wildman–Crippen MR) is 70.1 cm³/mol. The Morgan fingerprint density at radius 1 is 1.06 bits per heavy atom. The molecule has 0 radical (unpaired) electrons. The van der Waals surface area contributed by atoms with Crippen LogP contribution in [-0.4, -0.2) is 43.3 Å². The van der Waals surface area contributed by atoms with Crippen molar-refractivity contribution in [1.82, 2.24) is 5.32 Å². The van der Waals surface area contributed by atoms with E-state index >= 15 is 0 Å². The van der Waals surface area contributed by atoms with Crippen molar-refractivity contribution in [1.29, 1.82) is 0 Å². The van der Waals surface area contributed by atoms with Crippen molar-refractivity contribution < 1.29 is 14.6 Å². The first-order chi connectivity index (χ1) is 8.11. The fraction of sp³-hybridized carbons (Fsp3) is 1.00. The second-order valence-corrected chi connectivity index (χ2v) is 4.24. The standard InChI is InChI=1S/C13H29NO3/c1-5-13(15,6-2)11-14-10-9-12(16-7-3)17-8-4/h12,14-15H,5-11H2,1-4H3. The molecule has 0 aromatic rings. The molecule has 0 atom stereocenters. The number of hydrogen-bond acceptors (Lipinski definition) is 4. The van der Waals surface area contributed by atoms with Crippen LogP contribution < -0.4 is 5.32 Å². The summed E-state index contributed by atoms with van der Waals surface area (Å²) in [6, 6.07) is 0. The maximum atomic E-state index is 10.1. The van der Waals surface area contributed by atoms with Crippen molar-refractivity contribution in [2.75, 3.05) is 26.3 Å². The van der Waals surface area contributed by atoms with E-state index in [2.05, 4.69) is 5.32 Å². The van der Waals surface area contributed by atoms with E-state index in [9.17, 15) is 5.11 Å². The lowest BCUT2D eigenvalue weighted by Gasteiger charge is -2.26. The average Bonchev–Trinajstić information content (AvgIpc) is 2.34. The van der Waals surface area contributed by atoms with Crippen LogP contribution in [0.1, 0.15) is 47.0 Å². The highest BCUT2D eigenvalue weighted by atomic mass is 16.7. The molecule has 0 bridgehead atoms. The molecule has 0 aliphatic carbocycles. The summed E-state index contributed by atoms with van der Waals surface area (Å²) in [5.41, 5.74) is -0.577. The Hall–Kier alpha value is -0.160. The van der Waals surface area contributed by atoms with Gasteiger partial charge in [0.25, 0.3) is 0 Å². The van der Waals surface area contributed by atoms with Crippen LogP contribution in [0, 0.1) is 0 Å². The molecule has 4 nitrogen and oxygen atoms in total. The molecule has 0 aromatic heterocycles. The van der Waals surface area contributed by atoms with Gasteiger partial charge in [0.1, 0.15) is 0 Å². The lowest BCUT2D eigenvalue weighted by molar-refractivity contribution is -0.139. The summed E-state index contributed by atoms with van der Waals surface area (Å²) in [7, 11) is 0. The molecule has 0 heterocycles. The molecule has 0 aliphatic heterocycles. The molecule has 104 valence electrons. The van der Waals surface area contributed by atoms with Gasteiger partial charge in [-0.05, 0) is 26.7 Å². The van der Waals surface area contributed by atoms with E-state index in [1.807, 2.05) is 27.7 Å². The van der Waals surface area contributed by atoms with E-state index in [1.54, 1.807) is 0 Å². The van der Waals surface area contributed by atoms with Crippen molar-refractivity contribution in [3.8, 4) is 0 Å². The van der Waals surface area contributed by atoms with Crippen LogP contribution in [0.15, 0.2) is 0 Å². The Morgan fingerprint density at radius 3 is 2.00 bits per heavy atom. The van der Waals surface area contributed by atoms with Gasteiger partial charge in [-0.15, -0.1) is 0 Å². The fourth-order valence-electron chi connectivity index (χ4n) is 1.63. The summed E-state index contributed by atoms with van der Waals surface area (Å²) >= 11 is 0. The summed E-state index contributed by atoms with van der Waals surface area (Å²) in [5, 5.41) is 13.3. The highest BCUT2D eigenvalue weighted by molar-refractivity contribution is 4.77. The van der Waals surface area contributed by atoms with Gasteiger partial charge < -0.3 is 19.9 Å². The Balaban J connectivity index is 3.73. The van der Waals surface area contributed by atoms with E-state index in [1.165, 1.54) is 0 Å². The third kappa shape index (κ3) is 7.71. The van der Waals surface area contributed by atoms with E-state index in [-0.39, 0.29) is 6.29 Å². The third-order valence-electron chi connectivity index (χ3n) is 3.03. The molecule has 0 rings (SSSR count). The molecule has 0 saturated carbocycles. The molecule has 17 heavy (non-hydrogen) atoms. The first-order valence-electron chi connectivity index (χ1n) is 6.78. The van der Waals surface area contributed by atoms with Crippen LogP contribution in [0.25, 0.3) is 0 Å². The SMILES string of the molecule is CCOC(CCNCC(O)(CC)CC)OCC. The van der Waals surface area contributed by atoms with Gasteiger partial charge in [0.2, 0.25) is 0 Å². The Morgan fingerprint density at radius 2 is 1.59 bits per heavy atom. The van der Waals surface area contributed by atoms with Crippen molar-refractivity contribution in [2.45, 2.75) is 58.8 Å². The maximum Gasteiger partial charge on any atom is 0.158 e. The Kier molecular flexibility index (Phi) is 9.74. The monoisotopic (exact) mass is 247 g/mol. The molecule has 0 spiro atoms. The summed E-state index contributed by atoms with van der Waals surface area (Å²) < 4.78 is 10.9. The lowest BCUT2D eigenvalue weighted by atomic mass is 9.98. The molecule has 2 N–H and O–H groups in total. The molecule has 0 amide bonds. The summed E-state index contributed by atoms with van der Waals surface area (Å²) in [6.07, 6.45) is 2.23. The molecule has 0 aliphatic rings. The van der Waals surface area contributed by atoms with Crippen molar-refractivity contribution in [3.63, 3.8) is 0 Å². The number of nitrogens with one attached hydrogen (secondary N) is 1. The van der Waals surface area contributed by atoms with Crippen molar-refractivity contribution in [2.24, 2.45) is 0 Å². The highest BCUT2D eigenvalue weighted by Crippen LogP contribution is 2.12. The van der Waals surface area contributed by atoms with Crippen molar-refractivity contribution in [3.05, 3.63) is 0 Å². The van der Waals surface area contributed by atoms with Gasteiger partial charge in [-0.1, -0.05) is 13.8 Å². The molecular formula is C13H29NO3. The van der Waals surface area contributed by atoms with Crippen LogP contribution in [0.3, 0.4) is 0 Å². The zero-order valence-corrected chi connectivity index (χ0v) is 11.8. The predicted octanol–water partition coefficient (Wildman–Crippen LogP) is 1.92. The third-order valence-corrected chi connectivity index (χ3v) is 3.03. The van der Waals surface area contributed by atoms with Gasteiger partial charge in [-0.3, -0.25) is 0 Å². The zero-order chi connectivity index (χ0) is 13.1. The van der Waals surface area contributed by atoms with E-state index in [0.29, 0.717) is 19.8 Å². The quantitative estimate of drug-likeness (QED) is 0.432. The van der Waals surface area contributed by atoms with Crippen LogP contribution >= 0.6 is 0 Å². The number of rotatable bonds is 11. The second kappa shape index (κ2) is 9.83. The van der Waals surface area contributed by atoms with Gasteiger partial charge in [0, 0.05) is 32.7 Å². The minimum Gasteiger partial charge on any atom is -0.389 e. The van der Waals surface area contributed by atoms with Crippen LogP contribution in [0.2, 0.25) is 0 Å².